The van der Waals surface area contributed by atoms with Crippen molar-refractivity contribution in [2.45, 2.75) is 0 Å². The average Bonchev–Trinajstić information content (AvgIpc) is 3.98. The van der Waals surface area contributed by atoms with E-state index in [0.717, 1.165) is 123 Å². The third kappa shape index (κ3) is 9.11. The Bertz CT molecular complexity index is 4170. The van der Waals surface area contributed by atoms with Gasteiger partial charge in [0.25, 0.3) is 0 Å². The fraction of sp³-hybridized carbons (Fsp3) is 0. The topological polar surface area (TPSA) is 82.3 Å². The normalized spacial score (nSPS) is 11.3. The highest BCUT2D eigenvalue weighted by atomic mass is 15.0. The van der Waals surface area contributed by atoms with E-state index >= 15 is 0 Å². The lowest BCUT2D eigenvalue weighted by atomic mass is 9.89. The molecule has 0 saturated carbocycles. The summed E-state index contributed by atoms with van der Waals surface area (Å²) in [6.07, 6.45) is 0. The Labute approximate surface area is 457 Å². The second kappa shape index (κ2) is 20.4. The van der Waals surface area contributed by atoms with E-state index in [1.54, 1.807) is 0 Å². The molecule has 0 aliphatic heterocycles. The lowest BCUT2D eigenvalue weighted by Crippen LogP contribution is -2.03. The molecule has 0 saturated heterocycles. The zero-order chi connectivity index (χ0) is 52.5. The third-order valence-electron chi connectivity index (χ3n) is 14.4. The molecule has 7 nitrogen and oxygen atoms in total. The van der Waals surface area contributed by atoms with Gasteiger partial charge in [-0.15, -0.1) is 0 Å². The first-order valence-corrected chi connectivity index (χ1v) is 26.4. The Morgan fingerprint density at radius 3 is 0.911 bits per heavy atom. The van der Waals surface area contributed by atoms with Crippen molar-refractivity contribution in [1.82, 2.24) is 34.5 Å². The van der Waals surface area contributed by atoms with Crippen LogP contribution in [0.1, 0.15) is 0 Å². The van der Waals surface area contributed by atoms with Gasteiger partial charge in [-0.05, 0) is 66.2 Å². The molecule has 0 unspecified atom stereocenters. The Morgan fingerprint density at radius 1 is 0.215 bits per heavy atom. The molecule has 14 rings (SSSR count). The second-order valence-electron chi connectivity index (χ2n) is 19.4. The number of nitrogens with zero attached hydrogens (tertiary/aromatic N) is 7. The number of aromatic nitrogens is 7. The monoisotopic (exact) mass is 1010 g/mol. The van der Waals surface area contributed by atoms with E-state index in [9.17, 15) is 0 Å². The number of rotatable bonds is 11. The van der Waals surface area contributed by atoms with E-state index in [0.29, 0.717) is 17.5 Å². The fourth-order valence-electron chi connectivity index (χ4n) is 10.7. The van der Waals surface area contributed by atoms with Crippen molar-refractivity contribution in [3.05, 3.63) is 285 Å². The second-order valence-corrected chi connectivity index (χ2v) is 19.4. The van der Waals surface area contributed by atoms with Crippen LogP contribution in [0.3, 0.4) is 0 Å². The number of hydrogen-bond donors (Lipinski definition) is 0. The van der Waals surface area contributed by atoms with Crippen LogP contribution in [0, 0.1) is 0 Å². The summed E-state index contributed by atoms with van der Waals surface area (Å²) in [6, 6.07) is 98.5. The zero-order valence-electron chi connectivity index (χ0n) is 42.8. The first-order valence-electron chi connectivity index (χ1n) is 26.4. The number of benzene rings is 10. The van der Waals surface area contributed by atoms with Crippen LogP contribution < -0.4 is 0 Å². The van der Waals surface area contributed by atoms with Crippen LogP contribution in [-0.2, 0) is 0 Å². The standard InChI is InChI=1S/C72H47N7/c1-8-24-48(25-9-1)61-45-62(49-26-10-2-11-27-49)74-70(73-61)55-43-59(71-75-63(50-28-12-3-13-29-50)46-64(76-71)51-30-14-4-15-31-51)69(54-40-41-68-58(42-54)57-38-22-23-39-67(57)79(68)56-36-20-7-21-37-56)60(44-55)72-77-65(52-32-16-5-17-33-52)47-66(78-72)53-34-18-6-19-35-53/h1-47H. The largest absolute Gasteiger partial charge is 0.309 e. The molecule has 0 N–H and O–H groups in total. The van der Waals surface area contributed by atoms with Crippen molar-refractivity contribution in [3.8, 4) is 119 Å². The van der Waals surface area contributed by atoms with Crippen LogP contribution in [0.2, 0.25) is 0 Å². The van der Waals surface area contributed by atoms with Crippen molar-refractivity contribution in [1.29, 1.82) is 0 Å². The van der Waals surface area contributed by atoms with E-state index in [4.69, 9.17) is 29.9 Å². The molecule has 7 heteroatoms. The van der Waals surface area contributed by atoms with E-state index in [1.165, 1.54) is 0 Å². The minimum Gasteiger partial charge on any atom is -0.309 e. The summed E-state index contributed by atoms with van der Waals surface area (Å²) in [6.45, 7) is 0. The van der Waals surface area contributed by atoms with Gasteiger partial charge in [0, 0.05) is 72.1 Å². The SMILES string of the molecule is c1ccc(-c2cc(-c3ccccc3)nc(-c3cc(-c4nc(-c5ccccc5)cc(-c5ccccc5)n4)c(-c4ccc5c(c4)c4ccccc4n5-c4ccccc4)c(-c4nc(-c5ccccc5)cc(-c5ccccc5)n4)c3)n2)cc1. The molecule has 79 heavy (non-hydrogen) atoms. The third-order valence-corrected chi connectivity index (χ3v) is 14.4. The van der Waals surface area contributed by atoms with Crippen molar-refractivity contribution in [3.63, 3.8) is 0 Å². The Hall–Kier alpha value is -10.8. The average molecular weight is 1010 g/mol. The molecule has 370 valence electrons. The molecule has 0 atom stereocenters. The predicted molar refractivity (Wildman–Crippen MR) is 322 cm³/mol. The molecular weight excluding hydrogens is 963 g/mol. The lowest BCUT2D eigenvalue weighted by Gasteiger charge is -2.19. The minimum absolute atomic E-state index is 0.523. The van der Waals surface area contributed by atoms with Gasteiger partial charge < -0.3 is 4.57 Å². The van der Waals surface area contributed by atoms with Crippen LogP contribution in [-0.4, -0.2) is 34.5 Å². The van der Waals surface area contributed by atoms with Crippen LogP contribution >= 0.6 is 0 Å². The molecule has 10 aromatic carbocycles. The van der Waals surface area contributed by atoms with Gasteiger partial charge in [0.2, 0.25) is 0 Å². The quantitative estimate of drug-likeness (QED) is 0.128. The van der Waals surface area contributed by atoms with Gasteiger partial charge in [0.15, 0.2) is 17.5 Å². The first-order chi connectivity index (χ1) is 39.1. The molecule has 4 aromatic heterocycles. The molecule has 0 aliphatic carbocycles. The molecule has 0 amide bonds. The summed E-state index contributed by atoms with van der Waals surface area (Å²) in [5, 5.41) is 2.22. The molecule has 0 spiro atoms. The van der Waals surface area contributed by atoms with Crippen LogP contribution in [0.25, 0.3) is 140 Å². The number of hydrogen-bond acceptors (Lipinski definition) is 6. The maximum Gasteiger partial charge on any atom is 0.161 e. The predicted octanol–water partition coefficient (Wildman–Crippen LogP) is 17.8. The summed E-state index contributed by atoms with van der Waals surface area (Å²) < 4.78 is 2.35. The van der Waals surface area contributed by atoms with E-state index in [2.05, 4.69) is 180 Å². The van der Waals surface area contributed by atoms with Crippen molar-refractivity contribution >= 4 is 21.8 Å². The van der Waals surface area contributed by atoms with Gasteiger partial charge in [0.1, 0.15) is 0 Å². The summed E-state index contributed by atoms with van der Waals surface area (Å²) in [7, 11) is 0. The van der Waals surface area contributed by atoms with Crippen LogP contribution in [0.4, 0.5) is 0 Å². The summed E-state index contributed by atoms with van der Waals surface area (Å²) in [4.78, 5) is 33.2. The van der Waals surface area contributed by atoms with Crippen molar-refractivity contribution in [2.24, 2.45) is 0 Å². The highest BCUT2D eigenvalue weighted by Crippen LogP contribution is 2.46. The van der Waals surface area contributed by atoms with E-state index < -0.39 is 0 Å². The molecule has 0 aliphatic rings. The van der Waals surface area contributed by atoms with Gasteiger partial charge in [-0.3, -0.25) is 0 Å². The first kappa shape index (κ1) is 46.7. The summed E-state index contributed by atoms with van der Waals surface area (Å²) in [5.41, 5.74) is 17.9. The van der Waals surface area contributed by atoms with Crippen LogP contribution in [0.15, 0.2) is 285 Å². The molecular formula is C72H47N7. The molecule has 4 heterocycles. The fourth-order valence-corrected chi connectivity index (χ4v) is 10.7. The zero-order valence-corrected chi connectivity index (χ0v) is 42.8. The maximum atomic E-state index is 5.57. The number of para-hydroxylation sites is 2. The van der Waals surface area contributed by atoms with Gasteiger partial charge in [-0.2, -0.15) is 0 Å². The smallest absolute Gasteiger partial charge is 0.161 e. The molecule has 14 aromatic rings. The molecule has 0 fully saturated rings. The molecule has 0 radical (unpaired) electrons. The van der Waals surface area contributed by atoms with Gasteiger partial charge in [-0.25, -0.2) is 29.9 Å². The van der Waals surface area contributed by atoms with Gasteiger partial charge in [-0.1, -0.05) is 224 Å². The lowest BCUT2D eigenvalue weighted by molar-refractivity contribution is 1.16. The van der Waals surface area contributed by atoms with Gasteiger partial charge in [0.05, 0.1) is 45.2 Å². The minimum atomic E-state index is 0.523. The van der Waals surface area contributed by atoms with E-state index in [-0.39, 0.29) is 0 Å². The Morgan fingerprint density at radius 2 is 0.532 bits per heavy atom. The maximum absolute atomic E-state index is 5.57. The number of fused-ring (bicyclic) bond motifs is 3. The van der Waals surface area contributed by atoms with Gasteiger partial charge >= 0.3 is 0 Å². The van der Waals surface area contributed by atoms with Crippen molar-refractivity contribution < 1.29 is 0 Å². The van der Waals surface area contributed by atoms with Crippen molar-refractivity contribution in [2.75, 3.05) is 0 Å². The van der Waals surface area contributed by atoms with E-state index in [1.807, 2.05) is 109 Å². The van der Waals surface area contributed by atoms with Crippen LogP contribution in [0.5, 0.6) is 0 Å². The highest BCUT2D eigenvalue weighted by Gasteiger charge is 2.26. The Balaban J connectivity index is 1.14. The molecule has 0 bridgehead atoms. The Kier molecular flexibility index (Phi) is 12.1. The summed E-state index contributed by atoms with van der Waals surface area (Å²) >= 11 is 0. The highest BCUT2D eigenvalue weighted by molar-refractivity contribution is 6.11. The summed E-state index contributed by atoms with van der Waals surface area (Å²) in [5.74, 6) is 1.57.